The van der Waals surface area contributed by atoms with E-state index >= 15 is 0 Å². The molecule has 0 aliphatic carbocycles. The number of aliphatic hydroxyl groups is 2. The van der Waals surface area contributed by atoms with E-state index in [1.807, 2.05) is 0 Å². The number of carbonyl (C=O) groups excluding carboxylic acids is 2. The third-order valence-corrected chi connectivity index (χ3v) is 14.2. The van der Waals surface area contributed by atoms with E-state index in [4.69, 9.17) is 4.74 Å². The van der Waals surface area contributed by atoms with Crippen LogP contribution in [0.3, 0.4) is 0 Å². The number of ether oxygens (including phenoxy) is 1. The molecule has 0 saturated heterocycles. The van der Waals surface area contributed by atoms with Crippen LogP contribution in [0.15, 0.2) is 24.3 Å². The Hall–Kier alpha value is -1.66. The molecule has 6 heteroatoms. The van der Waals surface area contributed by atoms with E-state index in [0.29, 0.717) is 25.9 Å². The smallest absolute Gasteiger partial charge is 0.305 e. The first-order chi connectivity index (χ1) is 33.5. The van der Waals surface area contributed by atoms with Crippen molar-refractivity contribution in [2.75, 3.05) is 13.2 Å². The largest absolute Gasteiger partial charge is 0.466 e. The summed E-state index contributed by atoms with van der Waals surface area (Å²) >= 11 is 0. The van der Waals surface area contributed by atoms with Gasteiger partial charge in [-0.05, 0) is 77.0 Å². The Morgan fingerprint density at radius 3 is 1.04 bits per heavy atom. The molecule has 3 N–H and O–H groups in total. The molecule has 2 atom stereocenters. The van der Waals surface area contributed by atoms with Crippen LogP contribution in [0.2, 0.25) is 0 Å². The first-order valence-corrected chi connectivity index (χ1v) is 30.6. The van der Waals surface area contributed by atoms with Crippen LogP contribution in [0.4, 0.5) is 0 Å². The van der Waals surface area contributed by atoms with Crippen LogP contribution in [0.5, 0.6) is 0 Å². The zero-order chi connectivity index (χ0) is 49.3. The van der Waals surface area contributed by atoms with E-state index in [-0.39, 0.29) is 18.5 Å². The van der Waals surface area contributed by atoms with Crippen molar-refractivity contribution in [2.24, 2.45) is 0 Å². The normalized spacial score (nSPS) is 12.7. The number of hydrogen-bond donors (Lipinski definition) is 3. The molecule has 6 nitrogen and oxygen atoms in total. The van der Waals surface area contributed by atoms with Gasteiger partial charge in [0.1, 0.15) is 0 Å². The van der Waals surface area contributed by atoms with Gasteiger partial charge in [-0.15, -0.1) is 0 Å². The summed E-state index contributed by atoms with van der Waals surface area (Å²) in [7, 11) is 0. The van der Waals surface area contributed by atoms with E-state index in [2.05, 4.69) is 43.5 Å². The van der Waals surface area contributed by atoms with Crippen molar-refractivity contribution in [3.05, 3.63) is 24.3 Å². The number of hydrogen-bond acceptors (Lipinski definition) is 5. The summed E-state index contributed by atoms with van der Waals surface area (Å²) in [4.78, 5) is 24.5. The Kier molecular flexibility index (Phi) is 56.5. The molecule has 0 aliphatic rings. The molecule has 1 amide bonds. The topological polar surface area (TPSA) is 95.9 Å². The maximum Gasteiger partial charge on any atom is 0.305 e. The second-order valence-corrected chi connectivity index (χ2v) is 21.0. The fraction of sp³-hybridized carbons (Fsp3) is 0.903. The molecule has 0 saturated carbocycles. The van der Waals surface area contributed by atoms with E-state index < -0.39 is 12.1 Å². The average molecular weight is 959 g/mol. The summed E-state index contributed by atoms with van der Waals surface area (Å²) in [6, 6.07) is -0.551. The highest BCUT2D eigenvalue weighted by Gasteiger charge is 2.20. The van der Waals surface area contributed by atoms with Crippen molar-refractivity contribution >= 4 is 11.9 Å². The second-order valence-electron chi connectivity index (χ2n) is 21.0. The Morgan fingerprint density at radius 1 is 0.397 bits per heavy atom. The van der Waals surface area contributed by atoms with Gasteiger partial charge >= 0.3 is 5.97 Å². The fourth-order valence-corrected chi connectivity index (χ4v) is 9.51. The molecular formula is C62H119NO5. The van der Waals surface area contributed by atoms with E-state index in [1.165, 1.54) is 244 Å². The molecule has 2 unspecified atom stereocenters. The van der Waals surface area contributed by atoms with Crippen molar-refractivity contribution in [3.63, 3.8) is 0 Å². The first kappa shape index (κ1) is 66.3. The van der Waals surface area contributed by atoms with Gasteiger partial charge in [-0.25, -0.2) is 0 Å². The van der Waals surface area contributed by atoms with Crippen molar-refractivity contribution in [2.45, 2.75) is 347 Å². The molecule has 402 valence electrons. The van der Waals surface area contributed by atoms with Crippen LogP contribution in [0.1, 0.15) is 335 Å². The summed E-state index contributed by atoms with van der Waals surface area (Å²) < 4.78 is 5.46. The monoisotopic (exact) mass is 958 g/mol. The van der Waals surface area contributed by atoms with E-state index in [0.717, 1.165) is 57.8 Å². The van der Waals surface area contributed by atoms with Crippen LogP contribution in [0, 0.1) is 0 Å². The summed E-state index contributed by atoms with van der Waals surface area (Å²) in [6.07, 6.45) is 70.3. The molecule has 0 aromatic heterocycles. The molecule has 0 spiro atoms. The molecule has 0 aromatic carbocycles. The first-order valence-electron chi connectivity index (χ1n) is 30.6. The van der Waals surface area contributed by atoms with Gasteiger partial charge in [-0.1, -0.05) is 269 Å². The Labute approximate surface area is 424 Å². The van der Waals surface area contributed by atoms with Gasteiger partial charge in [0.15, 0.2) is 0 Å². The van der Waals surface area contributed by atoms with Crippen molar-refractivity contribution in [3.8, 4) is 0 Å². The highest BCUT2D eigenvalue weighted by Crippen LogP contribution is 2.17. The van der Waals surface area contributed by atoms with Gasteiger partial charge in [0.2, 0.25) is 5.91 Å². The van der Waals surface area contributed by atoms with Gasteiger partial charge in [0.05, 0.1) is 25.4 Å². The summed E-state index contributed by atoms with van der Waals surface area (Å²) in [6.45, 7) is 4.94. The molecule has 68 heavy (non-hydrogen) atoms. The minimum absolute atomic E-state index is 0.00977. The van der Waals surface area contributed by atoms with Gasteiger partial charge in [-0.2, -0.15) is 0 Å². The van der Waals surface area contributed by atoms with Crippen molar-refractivity contribution in [1.29, 1.82) is 0 Å². The minimum atomic E-state index is -0.673. The molecule has 0 bridgehead atoms. The van der Waals surface area contributed by atoms with E-state index in [9.17, 15) is 19.8 Å². The summed E-state index contributed by atoms with van der Waals surface area (Å²) in [5.74, 6) is -0.0541. The quantitative estimate of drug-likeness (QED) is 0.0321. The van der Waals surface area contributed by atoms with Crippen LogP contribution in [0.25, 0.3) is 0 Å². The molecule has 0 radical (unpaired) electrons. The number of nitrogens with one attached hydrogen (secondary N) is 1. The second kappa shape index (κ2) is 57.9. The summed E-state index contributed by atoms with van der Waals surface area (Å²) in [5.41, 5.74) is 0. The molecular weight excluding hydrogens is 839 g/mol. The Morgan fingerprint density at radius 2 is 0.691 bits per heavy atom. The highest BCUT2D eigenvalue weighted by molar-refractivity contribution is 5.76. The summed E-state index contributed by atoms with van der Waals surface area (Å²) in [5, 5.41) is 23.3. The van der Waals surface area contributed by atoms with Crippen LogP contribution in [-0.2, 0) is 14.3 Å². The van der Waals surface area contributed by atoms with Gasteiger partial charge in [0.25, 0.3) is 0 Å². The zero-order valence-corrected chi connectivity index (χ0v) is 45.9. The maximum atomic E-state index is 12.5. The lowest BCUT2D eigenvalue weighted by molar-refractivity contribution is -0.143. The predicted molar refractivity (Wildman–Crippen MR) is 296 cm³/mol. The lowest BCUT2D eigenvalue weighted by Crippen LogP contribution is -2.45. The number of carbonyl (C=O) groups is 2. The number of rotatable bonds is 57. The molecule has 0 fully saturated rings. The Balaban J connectivity index is 3.46. The number of amides is 1. The van der Waals surface area contributed by atoms with Crippen LogP contribution < -0.4 is 5.32 Å². The van der Waals surface area contributed by atoms with E-state index in [1.54, 1.807) is 0 Å². The lowest BCUT2D eigenvalue weighted by Gasteiger charge is -2.22. The molecule has 0 heterocycles. The minimum Gasteiger partial charge on any atom is -0.466 e. The van der Waals surface area contributed by atoms with Gasteiger partial charge < -0.3 is 20.3 Å². The maximum absolute atomic E-state index is 12.5. The van der Waals surface area contributed by atoms with Gasteiger partial charge in [0, 0.05) is 12.8 Å². The standard InChI is InChI=1S/C62H119NO5/c1-3-5-7-9-11-13-15-17-19-20-21-22-24-27-30-34-38-42-46-50-54-60(65)59(58-64)63-61(66)55-51-47-43-39-35-31-28-25-23-26-29-33-37-41-45-49-53-57-68-62(67)56-52-48-44-40-36-32-18-16-14-12-10-8-6-4-2/h16,18,23,26,59-60,64-65H,3-15,17,19-22,24-25,27-58H2,1-2H3,(H,63,66)/b18-16-,26-23-. The molecule has 0 rings (SSSR count). The van der Waals surface area contributed by atoms with Crippen LogP contribution >= 0.6 is 0 Å². The number of esters is 1. The number of aliphatic hydroxyl groups excluding tert-OH is 2. The van der Waals surface area contributed by atoms with Crippen LogP contribution in [-0.4, -0.2) is 47.4 Å². The zero-order valence-electron chi connectivity index (χ0n) is 45.9. The Bertz CT molecular complexity index is 1060. The van der Waals surface area contributed by atoms with Crippen molar-refractivity contribution in [1.82, 2.24) is 5.32 Å². The SMILES string of the molecule is CCCCCCC/C=C\CCCCCCCC(=O)OCCCCCCCC/C=C\CCCCCCCCCC(=O)NC(CO)C(O)CCCCCCCCCCCCCCCCCCCCCC. The average Bonchev–Trinajstić information content (AvgIpc) is 3.34. The van der Waals surface area contributed by atoms with Crippen molar-refractivity contribution < 1.29 is 24.5 Å². The van der Waals surface area contributed by atoms with Gasteiger partial charge in [-0.3, -0.25) is 9.59 Å². The molecule has 0 aromatic rings. The number of unbranched alkanes of at least 4 members (excludes halogenated alkanes) is 42. The molecule has 0 aliphatic heterocycles. The highest BCUT2D eigenvalue weighted by atomic mass is 16.5. The third-order valence-electron chi connectivity index (χ3n) is 14.2. The fourth-order valence-electron chi connectivity index (χ4n) is 9.51. The number of allylic oxidation sites excluding steroid dienone is 4. The lowest BCUT2D eigenvalue weighted by atomic mass is 10.0. The third kappa shape index (κ3) is 53.7. The predicted octanol–water partition coefficient (Wildman–Crippen LogP) is 19.0.